The van der Waals surface area contributed by atoms with Gasteiger partial charge in [-0.3, -0.25) is 19.1 Å². The maximum Gasteiger partial charge on any atom is 0.416 e. The number of aromatic nitrogens is 4. The fourth-order valence-corrected chi connectivity index (χ4v) is 7.50. The Morgan fingerprint density at radius 1 is 0.983 bits per heavy atom. The van der Waals surface area contributed by atoms with Crippen LogP contribution in [-0.2, 0) is 28.1 Å². The summed E-state index contributed by atoms with van der Waals surface area (Å²) < 4.78 is 76.6. The summed E-state index contributed by atoms with van der Waals surface area (Å²) in [6.07, 6.45) is -1.29. The molecular formula is C41H45F3N8O6S. The summed E-state index contributed by atoms with van der Waals surface area (Å²) in [5.74, 6) is -0.912. The van der Waals surface area contributed by atoms with Crippen LogP contribution in [0.3, 0.4) is 0 Å². The molecule has 2 aromatic heterocycles. The van der Waals surface area contributed by atoms with Crippen molar-refractivity contribution >= 4 is 21.9 Å². The molecule has 59 heavy (non-hydrogen) atoms. The lowest BCUT2D eigenvalue weighted by Crippen LogP contribution is -2.56. The quantitative estimate of drug-likeness (QED) is 0.160. The highest BCUT2D eigenvalue weighted by atomic mass is 32.2. The molecule has 0 spiro atoms. The third-order valence-electron chi connectivity index (χ3n) is 10.2. The van der Waals surface area contributed by atoms with Crippen molar-refractivity contribution in [2.45, 2.75) is 43.3 Å². The summed E-state index contributed by atoms with van der Waals surface area (Å²) in [6, 6.07) is 21.5. The van der Waals surface area contributed by atoms with Crippen LogP contribution in [-0.4, -0.2) is 99.6 Å². The maximum absolute atomic E-state index is 14.2. The number of hydrogen-bond acceptors (Lipinski definition) is 8. The number of nitrogens with zero attached hydrogens (tertiary/aromatic N) is 7. The molecule has 1 aliphatic heterocycles. The van der Waals surface area contributed by atoms with E-state index < -0.39 is 38.9 Å². The minimum atomic E-state index is -4.68. The average molecular weight is 835 g/mol. The molecule has 1 aliphatic rings. The molecule has 18 heteroatoms. The number of likely N-dealkylation sites (tertiary alicyclic amines) is 1. The average Bonchev–Trinajstić information content (AvgIpc) is 3.76. The molecule has 3 aromatic carbocycles. The van der Waals surface area contributed by atoms with Gasteiger partial charge in [0.05, 0.1) is 72.5 Å². The lowest BCUT2D eigenvalue weighted by molar-refractivity contribution is -0.896. The van der Waals surface area contributed by atoms with E-state index in [1.54, 1.807) is 62.2 Å². The van der Waals surface area contributed by atoms with Gasteiger partial charge in [0.15, 0.2) is 0 Å². The number of rotatable bonds is 9. The zero-order valence-corrected chi connectivity index (χ0v) is 34.2. The number of piperidine rings is 1. The molecule has 0 bridgehead atoms. The number of hydrogen-bond donors (Lipinski definition) is 1. The van der Waals surface area contributed by atoms with Gasteiger partial charge in [-0.25, -0.2) is 17.8 Å². The first kappa shape index (κ1) is 44.1. The predicted octanol–water partition coefficient (Wildman–Crippen LogP) is 4.96. The molecule has 5 aromatic rings. The van der Waals surface area contributed by atoms with E-state index in [2.05, 4.69) is 24.5 Å². The van der Waals surface area contributed by atoms with Crippen molar-refractivity contribution in [3.63, 3.8) is 0 Å². The summed E-state index contributed by atoms with van der Waals surface area (Å²) in [6.45, 7) is 5.63. The van der Waals surface area contributed by atoms with E-state index in [-0.39, 0.29) is 33.4 Å². The van der Waals surface area contributed by atoms with Crippen molar-refractivity contribution in [3.05, 3.63) is 118 Å². The van der Waals surface area contributed by atoms with Crippen LogP contribution in [0.1, 0.15) is 48.2 Å². The number of alkyl halides is 3. The third kappa shape index (κ3) is 10.2. The van der Waals surface area contributed by atoms with Gasteiger partial charge in [-0.15, -0.1) is 0 Å². The van der Waals surface area contributed by atoms with Gasteiger partial charge < -0.3 is 19.3 Å². The van der Waals surface area contributed by atoms with Crippen LogP contribution in [0.25, 0.3) is 22.8 Å². The number of carbonyl (C=O) groups excluding carboxylic acids is 2. The molecule has 0 unspecified atom stereocenters. The van der Waals surface area contributed by atoms with E-state index in [1.807, 2.05) is 6.07 Å². The molecule has 14 nitrogen and oxygen atoms in total. The minimum absolute atomic E-state index is 0.0568. The zero-order valence-electron chi connectivity index (χ0n) is 33.4. The number of quaternary nitrogens is 1. The van der Waals surface area contributed by atoms with Gasteiger partial charge in [0, 0.05) is 33.5 Å². The Morgan fingerprint density at radius 2 is 1.61 bits per heavy atom. The van der Waals surface area contributed by atoms with Gasteiger partial charge in [0.1, 0.15) is 26.9 Å². The Labute approximate surface area is 340 Å². The van der Waals surface area contributed by atoms with Crippen molar-refractivity contribution in [2.75, 3.05) is 40.8 Å². The molecule has 0 radical (unpaired) electrons. The number of nitriles is 1. The summed E-state index contributed by atoms with van der Waals surface area (Å²) >= 11 is 0. The summed E-state index contributed by atoms with van der Waals surface area (Å²) in [5, 5.41) is 16.4. The van der Waals surface area contributed by atoms with Gasteiger partial charge in [0.25, 0.3) is 11.5 Å². The number of benzene rings is 3. The first-order valence-electron chi connectivity index (χ1n) is 18.5. The number of likely N-dealkylation sites (N-methyl/N-ethyl adjacent to an activating group) is 1. The van der Waals surface area contributed by atoms with Crippen LogP contribution in [0, 0.1) is 17.2 Å². The van der Waals surface area contributed by atoms with Crippen LogP contribution < -0.4 is 10.9 Å². The Bertz CT molecular complexity index is 2530. The lowest BCUT2D eigenvalue weighted by Gasteiger charge is -2.39. The van der Waals surface area contributed by atoms with Crippen molar-refractivity contribution in [1.82, 2.24) is 29.4 Å². The summed E-state index contributed by atoms with van der Waals surface area (Å²) in [4.78, 5) is 43.5. The summed E-state index contributed by atoms with van der Waals surface area (Å²) in [7, 11) is 3.25. The Kier molecular flexibility index (Phi) is 12.7. The van der Waals surface area contributed by atoms with Crippen molar-refractivity contribution in [3.8, 4) is 28.8 Å². The topological polar surface area (TPSA) is 175 Å². The molecule has 3 heterocycles. The number of halogens is 3. The van der Waals surface area contributed by atoms with Gasteiger partial charge in [0.2, 0.25) is 5.91 Å². The maximum atomic E-state index is 14.2. The van der Waals surface area contributed by atoms with E-state index in [0.29, 0.717) is 23.7 Å². The van der Waals surface area contributed by atoms with Gasteiger partial charge in [-0.1, -0.05) is 24.3 Å². The van der Waals surface area contributed by atoms with Crippen molar-refractivity contribution in [1.29, 1.82) is 5.26 Å². The molecule has 0 aliphatic carbocycles. The Hall–Kier alpha value is -6.03. The SMILES string of the molecule is CN(CC1CC[N+](C)(C)CC1)C(=O)C(C)(C)NC(=O)c1c(-c2ccnn2-c2ccc(C#N)cc2)n(C)n(-c2cccc(C(F)(F)F)c2)c1=O.O=S(=O)([O-])c1ccccc1. The largest absolute Gasteiger partial charge is 0.744 e. The number of amides is 2. The molecule has 1 fully saturated rings. The second-order valence-electron chi connectivity index (χ2n) is 15.6. The van der Waals surface area contributed by atoms with Crippen LogP contribution >= 0.6 is 0 Å². The van der Waals surface area contributed by atoms with Crippen LogP contribution in [0.5, 0.6) is 0 Å². The second-order valence-corrected chi connectivity index (χ2v) is 16.9. The fourth-order valence-electron chi connectivity index (χ4n) is 7.01. The molecule has 312 valence electrons. The molecule has 1 N–H and O–H groups in total. The monoisotopic (exact) mass is 834 g/mol. The van der Waals surface area contributed by atoms with Gasteiger partial charge >= 0.3 is 6.18 Å². The van der Waals surface area contributed by atoms with Crippen molar-refractivity contribution < 1.29 is 40.2 Å². The van der Waals surface area contributed by atoms with E-state index in [1.165, 1.54) is 59.0 Å². The van der Waals surface area contributed by atoms with Crippen LogP contribution in [0.4, 0.5) is 13.2 Å². The van der Waals surface area contributed by atoms with Gasteiger partial charge in [-0.05, 0) is 80.4 Å². The third-order valence-corrected chi connectivity index (χ3v) is 11.0. The van der Waals surface area contributed by atoms with E-state index in [0.717, 1.165) is 47.2 Å². The molecule has 1 saturated heterocycles. The highest BCUT2D eigenvalue weighted by Crippen LogP contribution is 2.32. The zero-order chi connectivity index (χ0) is 43.5. The van der Waals surface area contributed by atoms with E-state index in [4.69, 9.17) is 0 Å². The highest BCUT2D eigenvalue weighted by Gasteiger charge is 2.38. The van der Waals surface area contributed by atoms with E-state index >= 15 is 0 Å². The van der Waals surface area contributed by atoms with Crippen LogP contribution in [0.15, 0.2) is 101 Å². The molecule has 0 atom stereocenters. The lowest BCUT2D eigenvalue weighted by atomic mass is 9.94. The van der Waals surface area contributed by atoms with Crippen molar-refractivity contribution in [2.24, 2.45) is 13.0 Å². The Balaban J connectivity index is 0.000000578. The standard InChI is InChI=1S/C35H39F3N8O3.C6H6O3S/c1-34(2,33(49)42(3)22-24-15-18-46(5,6)19-16-24)41-31(47)29-30(28-14-17-40-44(28)26-12-10-23(21-39)11-13-26)43(4)45(32(29)48)27-9-7-8-25(20-27)35(36,37)38;7-10(8,9)6-4-2-1-3-5-6/h7-14,17,20,24H,15-16,18-19,22H2,1-6H3;1-5H,(H,7,8,9). The number of carbonyl (C=O) groups is 2. The number of nitrogens with one attached hydrogen (secondary N) is 1. The minimum Gasteiger partial charge on any atom is -0.744 e. The second kappa shape index (κ2) is 17.1. The fraction of sp³-hybridized carbons (Fsp3) is 0.341. The van der Waals surface area contributed by atoms with Gasteiger partial charge in [-0.2, -0.15) is 23.5 Å². The summed E-state index contributed by atoms with van der Waals surface area (Å²) in [5.41, 5.74) is -2.55. The molecule has 2 amide bonds. The first-order valence-corrected chi connectivity index (χ1v) is 19.9. The predicted molar refractivity (Wildman–Crippen MR) is 211 cm³/mol. The van der Waals surface area contributed by atoms with Crippen LogP contribution in [0.2, 0.25) is 0 Å². The normalized spacial score (nSPS) is 14.5. The molecular weight excluding hydrogens is 790 g/mol. The first-order chi connectivity index (χ1) is 27.5. The Morgan fingerprint density at radius 3 is 2.17 bits per heavy atom. The highest BCUT2D eigenvalue weighted by molar-refractivity contribution is 7.85. The molecule has 0 saturated carbocycles. The smallest absolute Gasteiger partial charge is 0.416 e. The molecule has 6 rings (SSSR count). The van der Waals surface area contributed by atoms with E-state index in [9.17, 15) is 45.8 Å².